The lowest BCUT2D eigenvalue weighted by Crippen LogP contribution is -2.39. The van der Waals surface area contributed by atoms with E-state index in [2.05, 4.69) is 42.5 Å². The average Bonchev–Trinajstić information content (AvgIpc) is 3.47. The number of alkyl carbamates (subject to hydrolysis) is 3. The maximum absolute atomic E-state index is 13.4. The number of nitrogens with zero attached hydrogens (tertiary/aromatic N) is 4. The van der Waals surface area contributed by atoms with Gasteiger partial charge in [0.25, 0.3) is 0 Å². The van der Waals surface area contributed by atoms with Gasteiger partial charge in [0.15, 0.2) is 12.2 Å². The first-order chi connectivity index (χ1) is 40.3. The number of rotatable bonds is 60. The quantitative estimate of drug-likeness (QED) is 0.0205. The van der Waals surface area contributed by atoms with Crippen molar-refractivity contribution >= 4 is 30.2 Å². The van der Waals surface area contributed by atoms with Crippen molar-refractivity contribution in [1.82, 2.24) is 35.6 Å². The van der Waals surface area contributed by atoms with Gasteiger partial charge >= 0.3 is 30.2 Å². The number of hydrogen-bond acceptors (Lipinski definition) is 20. The number of carbonyl (C=O) groups is 5. The van der Waals surface area contributed by atoms with E-state index in [9.17, 15) is 24.0 Å². The number of unbranched alkanes of at least 4 members (excludes halogenated alkanes) is 15. The highest BCUT2D eigenvalue weighted by molar-refractivity contribution is 5.70. The third-order valence-electron chi connectivity index (χ3n) is 14.0. The van der Waals surface area contributed by atoms with Crippen molar-refractivity contribution in [3.63, 3.8) is 0 Å². The molecule has 3 unspecified atom stereocenters. The van der Waals surface area contributed by atoms with Crippen LogP contribution >= 0.6 is 0 Å². The van der Waals surface area contributed by atoms with Crippen LogP contribution in [0, 0.1) is 0 Å². The minimum Gasteiger partial charge on any atom is -0.462 e. The van der Waals surface area contributed by atoms with Crippen LogP contribution in [-0.4, -0.2) is 234 Å². The van der Waals surface area contributed by atoms with E-state index in [1.165, 1.54) is 70.6 Å². The molecule has 0 spiro atoms. The molecular formula is C60H123N11O12. The topological polar surface area (TPSA) is 303 Å². The smallest absolute Gasteiger partial charge is 0.407 e. The fraction of sp³-hybridized carbons (Fsp3) is 0.917. The van der Waals surface area contributed by atoms with Crippen LogP contribution in [-0.2, 0) is 42.7 Å². The molecule has 23 heteroatoms. The van der Waals surface area contributed by atoms with Crippen molar-refractivity contribution in [3.05, 3.63) is 0 Å². The Kier molecular flexibility index (Phi) is 56.1. The summed E-state index contributed by atoms with van der Waals surface area (Å²) in [6, 6.07) is 0. The number of carbonyl (C=O) groups excluding carboxylic acids is 5. The lowest BCUT2D eigenvalue weighted by Gasteiger charge is -2.23. The molecule has 0 fully saturated rings. The van der Waals surface area contributed by atoms with Crippen molar-refractivity contribution < 1.29 is 57.1 Å². The molecule has 11 N–H and O–H groups in total. The molecule has 23 nitrogen and oxygen atoms in total. The second-order valence-corrected chi connectivity index (χ2v) is 22.3. The maximum Gasteiger partial charge on any atom is 0.407 e. The van der Waals surface area contributed by atoms with E-state index in [1.807, 2.05) is 28.2 Å². The summed E-state index contributed by atoms with van der Waals surface area (Å²) >= 11 is 0. The Morgan fingerprint density at radius 1 is 0.337 bits per heavy atom. The molecule has 0 rings (SSSR count). The van der Waals surface area contributed by atoms with Crippen molar-refractivity contribution in [3.8, 4) is 0 Å². The number of nitrogens with two attached hydrogens (primary N) is 4. The Labute approximate surface area is 502 Å². The Bertz CT molecular complexity index is 1450. The molecule has 490 valence electrons. The molecule has 0 aliphatic rings. The molecule has 83 heavy (non-hydrogen) atoms. The molecule has 0 saturated heterocycles. The van der Waals surface area contributed by atoms with Crippen LogP contribution in [0.15, 0.2) is 0 Å². The van der Waals surface area contributed by atoms with E-state index in [1.54, 1.807) is 0 Å². The van der Waals surface area contributed by atoms with Crippen LogP contribution in [0.3, 0.4) is 0 Å². The highest BCUT2D eigenvalue weighted by atomic mass is 16.6. The van der Waals surface area contributed by atoms with Gasteiger partial charge in [0, 0.05) is 32.5 Å². The van der Waals surface area contributed by atoms with E-state index in [0.29, 0.717) is 77.9 Å². The van der Waals surface area contributed by atoms with Gasteiger partial charge in [0.05, 0.1) is 26.4 Å². The molecule has 0 bridgehead atoms. The predicted octanol–water partition coefficient (Wildman–Crippen LogP) is 6.11. The molecule has 0 aromatic rings. The highest BCUT2D eigenvalue weighted by Crippen LogP contribution is 2.15. The fourth-order valence-corrected chi connectivity index (χ4v) is 8.92. The molecule has 0 aliphatic carbocycles. The maximum atomic E-state index is 13.4. The van der Waals surface area contributed by atoms with Gasteiger partial charge in [-0.05, 0) is 171 Å². The van der Waals surface area contributed by atoms with Crippen LogP contribution in [0.1, 0.15) is 174 Å². The highest BCUT2D eigenvalue weighted by Gasteiger charge is 2.23. The van der Waals surface area contributed by atoms with Gasteiger partial charge in [-0.15, -0.1) is 0 Å². The summed E-state index contributed by atoms with van der Waals surface area (Å²) in [4.78, 5) is 73.8. The van der Waals surface area contributed by atoms with Gasteiger partial charge in [-0.25, -0.2) is 14.4 Å². The fourth-order valence-electron chi connectivity index (χ4n) is 8.92. The van der Waals surface area contributed by atoms with Gasteiger partial charge in [-0.3, -0.25) is 9.59 Å². The molecule has 0 heterocycles. The Morgan fingerprint density at radius 2 is 0.639 bits per heavy atom. The number of hydrogen-bond donors (Lipinski definition) is 7. The van der Waals surface area contributed by atoms with E-state index in [-0.39, 0.29) is 52.5 Å². The van der Waals surface area contributed by atoms with E-state index >= 15 is 0 Å². The summed E-state index contributed by atoms with van der Waals surface area (Å²) in [6.07, 6.45) is 20.4. The SMILES string of the molecule is CCCCCCCCCCCCCCCCCC(=O)OC(COCC(COC(=O)CCCCN(C)CCCN)OC(=O)NCCCN(C)CCCN)COCC(COC(=O)NCCCN(C)CCCN)OC(=O)NCCCN(C)CCCN. The van der Waals surface area contributed by atoms with Crippen LogP contribution in [0.2, 0.25) is 0 Å². The van der Waals surface area contributed by atoms with Crippen LogP contribution < -0.4 is 38.9 Å². The first-order valence-corrected chi connectivity index (χ1v) is 32.1. The van der Waals surface area contributed by atoms with E-state index < -0.39 is 48.5 Å². The van der Waals surface area contributed by atoms with Gasteiger partial charge in [-0.1, -0.05) is 96.8 Å². The van der Waals surface area contributed by atoms with Crippen LogP contribution in [0.25, 0.3) is 0 Å². The van der Waals surface area contributed by atoms with Crippen LogP contribution in [0.5, 0.6) is 0 Å². The molecule has 0 aromatic carbocycles. The minimum absolute atomic E-state index is 0.168. The molecule has 3 amide bonds. The lowest BCUT2D eigenvalue weighted by atomic mass is 10.0. The largest absolute Gasteiger partial charge is 0.462 e. The van der Waals surface area contributed by atoms with E-state index in [0.717, 1.165) is 104 Å². The Balaban J connectivity index is 5.94. The second kappa shape index (κ2) is 58.7. The third-order valence-corrected chi connectivity index (χ3v) is 14.0. The first-order valence-electron chi connectivity index (χ1n) is 32.1. The summed E-state index contributed by atoms with van der Waals surface area (Å²) < 4.78 is 40.6. The zero-order chi connectivity index (χ0) is 61.2. The zero-order valence-corrected chi connectivity index (χ0v) is 53.0. The Hall–Kier alpha value is -3.65. The molecule has 0 aromatic heterocycles. The lowest BCUT2D eigenvalue weighted by molar-refractivity contribution is -0.159. The molecule has 0 saturated carbocycles. The summed E-state index contributed by atoms with van der Waals surface area (Å²) in [7, 11) is 8.01. The number of ether oxygens (including phenoxy) is 7. The van der Waals surface area contributed by atoms with Crippen LogP contribution in [0.4, 0.5) is 14.4 Å². The monoisotopic (exact) mass is 1190 g/mol. The summed E-state index contributed by atoms with van der Waals surface area (Å²) in [5.41, 5.74) is 22.6. The van der Waals surface area contributed by atoms with Crippen molar-refractivity contribution in [2.24, 2.45) is 22.9 Å². The number of amides is 3. The van der Waals surface area contributed by atoms with Crippen molar-refractivity contribution in [2.75, 3.05) is 166 Å². The number of nitrogens with one attached hydrogen (secondary N) is 3. The number of esters is 2. The van der Waals surface area contributed by atoms with Gasteiger partial charge in [0.2, 0.25) is 0 Å². The summed E-state index contributed by atoms with van der Waals surface area (Å²) in [5.74, 6) is -0.855. The molecule has 0 aliphatic heterocycles. The van der Waals surface area contributed by atoms with E-state index in [4.69, 9.17) is 56.1 Å². The molecule has 0 radical (unpaired) electrons. The summed E-state index contributed by atoms with van der Waals surface area (Å²) in [5, 5.41) is 8.29. The third kappa shape index (κ3) is 54.7. The summed E-state index contributed by atoms with van der Waals surface area (Å²) in [6.45, 7) is 11.0. The average molecular weight is 1190 g/mol. The first kappa shape index (κ1) is 79.3. The zero-order valence-electron chi connectivity index (χ0n) is 53.0. The minimum atomic E-state index is -1.03. The normalized spacial score (nSPS) is 12.6. The predicted molar refractivity (Wildman–Crippen MR) is 330 cm³/mol. The van der Waals surface area contributed by atoms with Crippen molar-refractivity contribution in [1.29, 1.82) is 0 Å². The molecule has 3 atom stereocenters. The van der Waals surface area contributed by atoms with Gasteiger partial charge in [0.1, 0.15) is 19.3 Å². The van der Waals surface area contributed by atoms with Gasteiger partial charge in [-0.2, -0.15) is 0 Å². The Morgan fingerprint density at radius 3 is 1.02 bits per heavy atom. The van der Waals surface area contributed by atoms with Gasteiger partial charge < -0.3 is 91.6 Å². The van der Waals surface area contributed by atoms with Crippen molar-refractivity contribution in [2.45, 2.75) is 192 Å². The molecular weight excluding hydrogens is 1070 g/mol. The second-order valence-electron chi connectivity index (χ2n) is 22.3. The standard InChI is InChI=1S/C60H123N11O12/c1-6-7-8-9-10-11-12-13-14-15-16-17-18-19-20-31-57(73)81-53(47-77-49-54(82-59(75)66-37-28-45-70(4)42-25-34-63)51-79-56(72)30-21-22-39-68(2)40-23-32-61)48-78-50-55(83-60(76)67-38-29-46-71(5)43-26-35-64)52-80-58(74)65-36-27-44-69(3)41-24-33-62/h53-55H,6-52,61-64H2,1-5H3,(H,65,74)(H,66,75)(H,67,76).